The van der Waals surface area contributed by atoms with E-state index in [1.807, 2.05) is 26.0 Å². The van der Waals surface area contributed by atoms with E-state index in [0.29, 0.717) is 11.6 Å². The van der Waals surface area contributed by atoms with Gasteiger partial charge in [0.25, 0.3) is 0 Å². The third-order valence-electron chi connectivity index (χ3n) is 3.72. The summed E-state index contributed by atoms with van der Waals surface area (Å²) in [6.45, 7) is 4.00. The van der Waals surface area contributed by atoms with Crippen molar-refractivity contribution in [3.63, 3.8) is 0 Å². The van der Waals surface area contributed by atoms with E-state index in [0.717, 1.165) is 11.4 Å². The average molecular weight is 437 g/mol. The second kappa shape index (κ2) is 11.4. The molecule has 0 aliphatic heterocycles. The van der Waals surface area contributed by atoms with E-state index in [9.17, 15) is 8.42 Å². The average Bonchev–Trinajstić information content (AvgIpc) is 2.82. The summed E-state index contributed by atoms with van der Waals surface area (Å²) in [4.78, 5) is 16.3. The number of pyridine rings is 2. The van der Waals surface area contributed by atoms with Crippen LogP contribution in [-0.4, -0.2) is 28.4 Å². The van der Waals surface area contributed by atoms with E-state index >= 15 is 0 Å². The van der Waals surface area contributed by atoms with Gasteiger partial charge in [-0.25, -0.2) is 18.4 Å². The van der Waals surface area contributed by atoms with Crippen LogP contribution in [0, 0.1) is 0 Å². The number of nitrogens with zero attached hydrogens (tertiary/aromatic N) is 4. The molecule has 0 bridgehead atoms. The molecule has 9 heteroatoms. The molecule has 0 spiro atoms. The molecule has 0 aliphatic rings. The second-order valence-corrected chi connectivity index (χ2v) is 7.72. The van der Waals surface area contributed by atoms with Gasteiger partial charge in [-0.05, 0) is 36.4 Å². The zero-order valence-electron chi connectivity index (χ0n) is 17.3. The molecule has 0 atom stereocenters. The van der Waals surface area contributed by atoms with Crippen LogP contribution >= 0.6 is 0 Å². The van der Waals surface area contributed by atoms with E-state index in [1.54, 1.807) is 55.0 Å². The summed E-state index contributed by atoms with van der Waals surface area (Å²) in [7, 11) is -3.47. The third-order valence-corrected chi connectivity index (χ3v) is 5.47. The van der Waals surface area contributed by atoms with Crippen LogP contribution in [-0.2, 0) is 9.84 Å². The number of sulfone groups is 1. The van der Waals surface area contributed by atoms with Crippen LogP contribution < -0.4 is 11.5 Å². The topological polar surface area (TPSA) is 138 Å². The van der Waals surface area contributed by atoms with Crippen molar-refractivity contribution in [3.8, 4) is 11.4 Å². The number of aromatic nitrogens is 4. The highest BCUT2D eigenvalue weighted by Gasteiger charge is 2.16. The summed E-state index contributed by atoms with van der Waals surface area (Å²) >= 11 is 0. The van der Waals surface area contributed by atoms with Crippen molar-refractivity contribution in [2.45, 2.75) is 23.6 Å². The van der Waals surface area contributed by atoms with Gasteiger partial charge >= 0.3 is 0 Å². The first kappa shape index (κ1) is 23.4. The molecular formula is C22H24N6O2S. The molecule has 4 rings (SSSR count). The molecule has 31 heavy (non-hydrogen) atoms. The SMILES string of the molecule is CC.Nc1ccc(S(=O)(=O)c2ccccc2)cn1.Nc1cccc(-c2cnccn2)n1. The fourth-order valence-electron chi connectivity index (χ4n) is 2.31. The van der Waals surface area contributed by atoms with Gasteiger partial charge in [-0.3, -0.25) is 9.97 Å². The minimum atomic E-state index is -3.47. The molecule has 0 saturated carbocycles. The van der Waals surface area contributed by atoms with Crippen molar-refractivity contribution in [1.82, 2.24) is 19.9 Å². The third kappa shape index (κ3) is 6.58. The lowest BCUT2D eigenvalue weighted by atomic mass is 10.3. The molecule has 0 radical (unpaired) electrons. The largest absolute Gasteiger partial charge is 0.384 e. The number of nitrogens with two attached hydrogens (primary N) is 2. The number of benzene rings is 1. The van der Waals surface area contributed by atoms with Crippen LogP contribution in [0.25, 0.3) is 11.4 Å². The van der Waals surface area contributed by atoms with Crippen LogP contribution in [0.4, 0.5) is 11.6 Å². The predicted molar refractivity (Wildman–Crippen MR) is 122 cm³/mol. The first-order valence-corrected chi connectivity index (χ1v) is 11.0. The highest BCUT2D eigenvalue weighted by Crippen LogP contribution is 2.19. The Bertz CT molecular complexity index is 1170. The molecule has 160 valence electrons. The van der Waals surface area contributed by atoms with Gasteiger partial charge in [0.05, 0.1) is 21.7 Å². The minimum Gasteiger partial charge on any atom is -0.384 e. The van der Waals surface area contributed by atoms with Gasteiger partial charge in [-0.1, -0.05) is 38.1 Å². The maximum Gasteiger partial charge on any atom is 0.208 e. The maximum absolute atomic E-state index is 12.1. The monoisotopic (exact) mass is 436 g/mol. The van der Waals surface area contributed by atoms with Crippen LogP contribution in [0.1, 0.15) is 13.8 Å². The van der Waals surface area contributed by atoms with Crippen molar-refractivity contribution in [2.75, 3.05) is 11.5 Å². The lowest BCUT2D eigenvalue weighted by Crippen LogP contribution is -2.02. The van der Waals surface area contributed by atoms with Gasteiger partial charge in [0.1, 0.15) is 17.3 Å². The molecule has 3 heterocycles. The molecule has 8 nitrogen and oxygen atoms in total. The molecule has 1 aromatic carbocycles. The van der Waals surface area contributed by atoms with Crippen molar-refractivity contribution >= 4 is 21.5 Å². The molecule has 0 fully saturated rings. The van der Waals surface area contributed by atoms with Gasteiger partial charge in [0.15, 0.2) is 0 Å². The zero-order chi connectivity index (χ0) is 22.7. The van der Waals surface area contributed by atoms with Crippen LogP contribution in [0.15, 0.2) is 95.2 Å². The summed E-state index contributed by atoms with van der Waals surface area (Å²) in [5.74, 6) is 0.787. The number of hydrogen-bond donors (Lipinski definition) is 2. The normalized spacial score (nSPS) is 10.1. The highest BCUT2D eigenvalue weighted by molar-refractivity contribution is 7.91. The van der Waals surface area contributed by atoms with E-state index in [1.165, 1.54) is 18.3 Å². The quantitative estimate of drug-likeness (QED) is 0.496. The van der Waals surface area contributed by atoms with Crippen molar-refractivity contribution in [3.05, 3.63) is 85.5 Å². The Balaban J connectivity index is 0.000000208. The van der Waals surface area contributed by atoms with E-state index in [2.05, 4.69) is 19.9 Å². The van der Waals surface area contributed by atoms with Gasteiger partial charge in [0.2, 0.25) is 9.84 Å². The Hall–Kier alpha value is -3.85. The van der Waals surface area contributed by atoms with Crippen LogP contribution in [0.2, 0.25) is 0 Å². The zero-order valence-corrected chi connectivity index (χ0v) is 18.1. The lowest BCUT2D eigenvalue weighted by Gasteiger charge is -2.03. The van der Waals surface area contributed by atoms with Crippen molar-refractivity contribution in [2.24, 2.45) is 0 Å². The van der Waals surface area contributed by atoms with E-state index in [-0.39, 0.29) is 9.79 Å². The summed E-state index contributed by atoms with van der Waals surface area (Å²) in [5, 5.41) is 0. The van der Waals surface area contributed by atoms with E-state index in [4.69, 9.17) is 11.5 Å². The molecular weight excluding hydrogens is 412 g/mol. The molecule has 3 aromatic heterocycles. The standard InChI is InChI=1S/C11H10N2O2S.C9H8N4.C2H6/c12-11-7-6-10(8-13-11)16(14,15)9-4-2-1-3-5-9;10-9-3-1-2-7(13-9)8-6-11-4-5-12-8;1-2/h1-8H,(H2,12,13);1-6H,(H2,10,13);1-2H3. The van der Waals surface area contributed by atoms with Gasteiger partial charge < -0.3 is 11.5 Å². The Labute approximate surface area is 182 Å². The maximum atomic E-state index is 12.1. The molecule has 0 saturated heterocycles. The van der Waals surface area contributed by atoms with Gasteiger partial charge in [-0.15, -0.1) is 0 Å². The fourth-order valence-corrected chi connectivity index (χ4v) is 3.54. The van der Waals surface area contributed by atoms with E-state index < -0.39 is 9.84 Å². The van der Waals surface area contributed by atoms with Crippen molar-refractivity contribution < 1.29 is 8.42 Å². The fraction of sp³-hybridized carbons (Fsp3) is 0.0909. The summed E-state index contributed by atoms with van der Waals surface area (Å²) in [6.07, 6.45) is 6.16. The summed E-state index contributed by atoms with van der Waals surface area (Å²) in [5.41, 5.74) is 12.4. The molecule has 0 unspecified atom stereocenters. The molecule has 0 amide bonds. The Morgan fingerprint density at radius 1 is 0.677 bits per heavy atom. The minimum absolute atomic E-state index is 0.146. The Kier molecular flexibility index (Phi) is 8.59. The number of anilines is 2. The summed E-state index contributed by atoms with van der Waals surface area (Å²) in [6, 6.07) is 16.6. The van der Waals surface area contributed by atoms with Crippen LogP contribution in [0.5, 0.6) is 0 Å². The predicted octanol–water partition coefficient (Wildman–Crippen LogP) is 3.64. The van der Waals surface area contributed by atoms with Gasteiger partial charge in [0, 0.05) is 18.6 Å². The number of hydrogen-bond acceptors (Lipinski definition) is 8. The van der Waals surface area contributed by atoms with Gasteiger partial charge in [-0.2, -0.15) is 0 Å². The van der Waals surface area contributed by atoms with Crippen molar-refractivity contribution in [1.29, 1.82) is 0 Å². The molecule has 0 aliphatic carbocycles. The highest BCUT2D eigenvalue weighted by atomic mass is 32.2. The first-order valence-electron chi connectivity index (χ1n) is 9.47. The molecule has 4 aromatic rings. The lowest BCUT2D eigenvalue weighted by molar-refractivity contribution is 0.595. The second-order valence-electron chi connectivity index (χ2n) is 5.77. The Morgan fingerprint density at radius 2 is 1.42 bits per heavy atom. The smallest absolute Gasteiger partial charge is 0.208 e. The van der Waals surface area contributed by atoms with Crippen LogP contribution in [0.3, 0.4) is 0 Å². The first-order chi connectivity index (χ1) is 15.0. The molecule has 4 N–H and O–H groups in total. The summed E-state index contributed by atoms with van der Waals surface area (Å²) < 4.78 is 24.1. The Morgan fingerprint density at radius 3 is 2.00 bits per heavy atom. The number of rotatable bonds is 3. The number of nitrogen functional groups attached to an aromatic ring is 2.